The van der Waals surface area contributed by atoms with Crippen LogP contribution in [-0.2, 0) is 4.79 Å². The van der Waals surface area contributed by atoms with Crippen molar-refractivity contribution in [3.05, 3.63) is 12.2 Å². The van der Waals surface area contributed by atoms with E-state index in [9.17, 15) is 15.0 Å². The second-order valence-corrected chi connectivity index (χ2v) is 9.61. The molecule has 4 saturated carbocycles. The first kappa shape index (κ1) is 15.7. The zero-order chi connectivity index (χ0) is 16.6. The summed E-state index contributed by atoms with van der Waals surface area (Å²) in [7, 11) is 0. The molecule has 1 spiro atoms. The van der Waals surface area contributed by atoms with Gasteiger partial charge in [0.25, 0.3) is 0 Å². The van der Waals surface area contributed by atoms with Gasteiger partial charge in [-0.05, 0) is 86.9 Å². The third-order valence-corrected chi connectivity index (χ3v) is 8.47. The Kier molecular flexibility index (Phi) is 3.15. The molecule has 2 bridgehead atoms. The summed E-state index contributed by atoms with van der Waals surface area (Å²) in [5.74, 6) is 0.730. The van der Waals surface area contributed by atoms with Gasteiger partial charge in [0.05, 0.1) is 11.5 Å². The number of rotatable bonds is 1. The molecule has 4 fully saturated rings. The minimum absolute atomic E-state index is 0.0430. The summed E-state index contributed by atoms with van der Waals surface area (Å²) in [6, 6.07) is 0. The Morgan fingerprint density at radius 3 is 2.57 bits per heavy atom. The van der Waals surface area contributed by atoms with Gasteiger partial charge < -0.3 is 10.2 Å². The normalized spacial score (nSPS) is 55.2. The van der Waals surface area contributed by atoms with Gasteiger partial charge in [0.1, 0.15) is 0 Å². The smallest absolute Gasteiger partial charge is 0.309 e. The van der Waals surface area contributed by atoms with E-state index in [1.165, 1.54) is 24.8 Å². The molecule has 0 heterocycles. The fourth-order valence-corrected chi connectivity index (χ4v) is 7.73. The lowest BCUT2D eigenvalue weighted by atomic mass is 9.40. The van der Waals surface area contributed by atoms with Crippen LogP contribution in [0.3, 0.4) is 0 Å². The number of aliphatic carboxylic acids is 1. The van der Waals surface area contributed by atoms with E-state index < -0.39 is 17.5 Å². The van der Waals surface area contributed by atoms with Crippen molar-refractivity contribution in [1.29, 1.82) is 0 Å². The van der Waals surface area contributed by atoms with Gasteiger partial charge in [0.15, 0.2) is 0 Å². The maximum atomic E-state index is 12.1. The summed E-state index contributed by atoms with van der Waals surface area (Å²) >= 11 is 0. The highest BCUT2D eigenvalue weighted by Gasteiger charge is 2.66. The second-order valence-electron chi connectivity index (χ2n) is 9.61. The molecule has 0 aliphatic heterocycles. The van der Waals surface area contributed by atoms with E-state index in [1.54, 1.807) is 0 Å². The number of aliphatic hydroxyl groups is 1. The van der Waals surface area contributed by atoms with Gasteiger partial charge in [-0.1, -0.05) is 19.1 Å². The highest BCUT2D eigenvalue weighted by Crippen LogP contribution is 2.72. The third kappa shape index (κ3) is 1.89. The first-order valence-electron chi connectivity index (χ1n) is 9.30. The zero-order valence-electron chi connectivity index (χ0n) is 14.5. The van der Waals surface area contributed by atoms with Crippen molar-refractivity contribution < 1.29 is 15.0 Å². The number of aliphatic hydroxyl groups excluding tert-OH is 1. The van der Waals surface area contributed by atoms with Crippen molar-refractivity contribution in [1.82, 2.24) is 0 Å². The largest absolute Gasteiger partial charge is 0.481 e. The number of carboxylic acids is 1. The third-order valence-electron chi connectivity index (χ3n) is 8.47. The van der Waals surface area contributed by atoms with Crippen LogP contribution in [0.4, 0.5) is 0 Å². The Morgan fingerprint density at radius 1 is 1.13 bits per heavy atom. The summed E-state index contributed by atoms with van der Waals surface area (Å²) < 4.78 is 0. The van der Waals surface area contributed by atoms with Gasteiger partial charge in [-0.15, -0.1) is 0 Å². The first-order valence-corrected chi connectivity index (χ1v) is 9.30. The average molecular weight is 318 g/mol. The minimum atomic E-state index is -0.777. The van der Waals surface area contributed by atoms with Crippen molar-refractivity contribution >= 4 is 5.97 Å². The van der Waals surface area contributed by atoms with Crippen LogP contribution >= 0.6 is 0 Å². The van der Waals surface area contributed by atoms with Crippen LogP contribution in [0.25, 0.3) is 0 Å². The number of allylic oxidation sites excluding steroid dienone is 1. The molecule has 0 aromatic rings. The predicted molar refractivity (Wildman–Crippen MR) is 88.8 cm³/mol. The van der Waals surface area contributed by atoms with Crippen LogP contribution in [0.5, 0.6) is 0 Å². The van der Waals surface area contributed by atoms with Crippen LogP contribution in [0.2, 0.25) is 0 Å². The van der Waals surface area contributed by atoms with Gasteiger partial charge in [-0.2, -0.15) is 0 Å². The quantitative estimate of drug-likeness (QED) is 0.718. The molecule has 1 unspecified atom stereocenters. The topological polar surface area (TPSA) is 57.5 Å². The Labute approximate surface area is 139 Å². The van der Waals surface area contributed by atoms with Crippen molar-refractivity contribution in [2.24, 2.45) is 34.0 Å². The summed E-state index contributed by atoms with van der Waals surface area (Å²) in [5.41, 5.74) is 0.966. The first-order chi connectivity index (χ1) is 10.7. The number of hydrogen-bond donors (Lipinski definition) is 2. The SMILES string of the molecule is C=C1C[C@@]23CCC4[C@](C)(C(=O)O)C[C@@H](O)C[C@@]4(C)[C@@H]2CC[C@H]1C3. The predicted octanol–water partition coefficient (Wildman–Crippen LogP) is 4.01. The number of carbonyl (C=O) groups is 1. The van der Waals surface area contributed by atoms with Crippen LogP contribution in [0, 0.1) is 34.0 Å². The number of carboxylic acid groups (broad SMARTS) is 1. The van der Waals surface area contributed by atoms with Crippen LogP contribution in [-0.4, -0.2) is 22.3 Å². The van der Waals surface area contributed by atoms with E-state index in [4.69, 9.17) is 0 Å². The zero-order valence-corrected chi connectivity index (χ0v) is 14.5. The Balaban J connectivity index is 1.77. The molecule has 7 atom stereocenters. The molecule has 0 saturated heterocycles. The molecule has 2 N–H and O–H groups in total. The van der Waals surface area contributed by atoms with E-state index in [0.29, 0.717) is 23.7 Å². The fraction of sp³-hybridized carbons (Fsp3) is 0.850. The van der Waals surface area contributed by atoms with Crippen LogP contribution < -0.4 is 0 Å². The molecule has 4 aliphatic rings. The summed E-state index contributed by atoms with van der Waals surface area (Å²) in [6.45, 7) is 8.52. The number of hydrogen-bond acceptors (Lipinski definition) is 2. The van der Waals surface area contributed by atoms with E-state index in [2.05, 4.69) is 13.5 Å². The molecular formula is C20H30O3. The van der Waals surface area contributed by atoms with Gasteiger partial charge in [-0.25, -0.2) is 0 Å². The number of fused-ring (bicyclic) bond motifs is 3. The molecule has 3 heteroatoms. The van der Waals surface area contributed by atoms with Gasteiger partial charge >= 0.3 is 5.97 Å². The Hall–Kier alpha value is -0.830. The molecule has 0 amide bonds. The highest BCUT2D eigenvalue weighted by atomic mass is 16.4. The summed E-state index contributed by atoms with van der Waals surface area (Å²) in [5, 5.41) is 20.4. The van der Waals surface area contributed by atoms with Crippen molar-refractivity contribution in [3.63, 3.8) is 0 Å². The maximum absolute atomic E-state index is 12.1. The van der Waals surface area contributed by atoms with E-state index in [0.717, 1.165) is 25.7 Å². The van der Waals surface area contributed by atoms with Gasteiger partial charge in [0.2, 0.25) is 0 Å². The van der Waals surface area contributed by atoms with Gasteiger partial charge in [-0.3, -0.25) is 4.79 Å². The lowest BCUT2D eigenvalue weighted by molar-refractivity contribution is -0.195. The fourth-order valence-electron chi connectivity index (χ4n) is 7.73. The molecular weight excluding hydrogens is 288 g/mol. The Morgan fingerprint density at radius 2 is 1.87 bits per heavy atom. The van der Waals surface area contributed by atoms with Crippen LogP contribution in [0.1, 0.15) is 65.2 Å². The Bertz CT molecular complexity index is 569. The molecule has 0 aromatic heterocycles. The molecule has 0 aromatic carbocycles. The average Bonchev–Trinajstić information content (AvgIpc) is 2.67. The molecule has 23 heavy (non-hydrogen) atoms. The summed E-state index contributed by atoms with van der Waals surface area (Å²) in [6.07, 6.45) is 7.70. The molecule has 128 valence electrons. The standard InChI is InChI=1S/C20H30O3/c1-12-8-20-7-6-15-18(2,16(20)5-4-13(12)9-20)10-14(21)11-19(15,3)17(22)23/h13-16,21H,1,4-11H2,2-3H3,(H,22,23)/t13-,14-,15?,16-,18+,19+,20+/m0/s1. The highest BCUT2D eigenvalue weighted by molar-refractivity contribution is 5.75. The lowest BCUT2D eigenvalue weighted by Gasteiger charge is -2.64. The maximum Gasteiger partial charge on any atom is 0.309 e. The monoisotopic (exact) mass is 318 g/mol. The molecule has 0 radical (unpaired) electrons. The van der Waals surface area contributed by atoms with Crippen molar-refractivity contribution in [2.75, 3.05) is 0 Å². The van der Waals surface area contributed by atoms with E-state index in [1.807, 2.05) is 6.92 Å². The van der Waals surface area contributed by atoms with Gasteiger partial charge in [0, 0.05) is 0 Å². The molecule has 4 rings (SSSR count). The lowest BCUT2D eigenvalue weighted by Crippen LogP contribution is -2.60. The summed E-state index contributed by atoms with van der Waals surface area (Å²) in [4.78, 5) is 12.1. The molecule has 3 nitrogen and oxygen atoms in total. The molecule has 4 aliphatic carbocycles. The second kappa shape index (κ2) is 4.62. The van der Waals surface area contributed by atoms with E-state index >= 15 is 0 Å². The minimum Gasteiger partial charge on any atom is -0.481 e. The van der Waals surface area contributed by atoms with E-state index in [-0.39, 0.29) is 11.3 Å². The van der Waals surface area contributed by atoms with Crippen molar-refractivity contribution in [2.45, 2.75) is 71.3 Å². The van der Waals surface area contributed by atoms with Crippen molar-refractivity contribution in [3.8, 4) is 0 Å². The van der Waals surface area contributed by atoms with Crippen LogP contribution in [0.15, 0.2) is 12.2 Å².